The van der Waals surface area contributed by atoms with Crippen LogP contribution in [0.5, 0.6) is 11.5 Å². The first-order valence-corrected chi connectivity index (χ1v) is 10.5. The van der Waals surface area contributed by atoms with Gasteiger partial charge in [0.25, 0.3) is 0 Å². The fraction of sp³-hybridized carbons (Fsp3) is 0.263. The van der Waals surface area contributed by atoms with Crippen molar-refractivity contribution in [2.75, 3.05) is 18.6 Å². The zero-order valence-electron chi connectivity index (χ0n) is 15.6. The lowest BCUT2D eigenvalue weighted by Crippen LogP contribution is -2.27. The monoisotopic (exact) mass is 417 g/mol. The molecule has 3 rings (SSSR count). The van der Waals surface area contributed by atoms with Gasteiger partial charge < -0.3 is 9.47 Å². The van der Waals surface area contributed by atoms with Gasteiger partial charge in [0.2, 0.25) is 5.91 Å². The Hall–Kier alpha value is -3.27. The van der Waals surface area contributed by atoms with Crippen LogP contribution in [0.3, 0.4) is 0 Å². The van der Waals surface area contributed by atoms with Gasteiger partial charge in [0.1, 0.15) is 0 Å². The Morgan fingerprint density at radius 3 is 2.62 bits per heavy atom. The Labute approximate surface area is 167 Å². The Kier molecular flexibility index (Phi) is 6.23. The van der Waals surface area contributed by atoms with Gasteiger partial charge in [-0.25, -0.2) is 18.6 Å². The van der Waals surface area contributed by atoms with Gasteiger partial charge in [-0.2, -0.15) is 5.10 Å². The summed E-state index contributed by atoms with van der Waals surface area (Å²) in [6.07, 6.45) is 4.67. The van der Waals surface area contributed by atoms with Gasteiger partial charge in [0.15, 0.2) is 21.3 Å². The fourth-order valence-corrected chi connectivity index (χ4v) is 4.50. The van der Waals surface area contributed by atoms with Gasteiger partial charge in [-0.1, -0.05) is 0 Å². The molecule has 1 atom stereocenters. The number of pyridine rings is 1. The minimum Gasteiger partial charge on any atom is -0.493 e. The van der Waals surface area contributed by atoms with Crippen molar-refractivity contribution in [3.63, 3.8) is 0 Å². The van der Waals surface area contributed by atoms with E-state index in [-0.39, 0.29) is 17.3 Å². The number of amides is 1. The molecule has 1 fully saturated rings. The molecule has 1 amide bonds. The highest BCUT2D eigenvalue weighted by molar-refractivity contribution is 7.91. The average Bonchev–Trinajstić information content (AvgIpc) is 3.09. The van der Waals surface area contributed by atoms with Crippen LogP contribution in [0.2, 0.25) is 0 Å². The molecule has 2 aromatic rings. The normalized spacial score (nSPS) is 17.8. The maximum Gasteiger partial charge on any atom is 0.343 e. The summed E-state index contributed by atoms with van der Waals surface area (Å²) >= 11 is 0. The molecule has 0 radical (unpaired) electrons. The zero-order chi connectivity index (χ0) is 20.9. The third-order valence-corrected chi connectivity index (χ3v) is 6.07. The number of benzene rings is 1. The number of ether oxygens (including phenoxy) is 2. The number of hydrazone groups is 1. The first-order chi connectivity index (χ1) is 13.9. The van der Waals surface area contributed by atoms with Crippen LogP contribution in [0.15, 0.2) is 47.8 Å². The number of hydrogen-bond acceptors (Lipinski definition) is 8. The number of hydrogen-bond donors (Lipinski definition) is 1. The van der Waals surface area contributed by atoms with E-state index in [9.17, 15) is 18.0 Å². The van der Waals surface area contributed by atoms with Crippen molar-refractivity contribution in [2.45, 2.75) is 6.42 Å². The molecular formula is C19H19N3O6S. The lowest BCUT2D eigenvalue weighted by Gasteiger charge is -2.10. The molecule has 0 unspecified atom stereocenters. The van der Waals surface area contributed by atoms with Gasteiger partial charge >= 0.3 is 5.97 Å². The number of methoxy groups -OCH3 is 1. The van der Waals surface area contributed by atoms with Gasteiger partial charge in [0.05, 0.1) is 36.3 Å². The van der Waals surface area contributed by atoms with Crippen molar-refractivity contribution >= 4 is 27.9 Å². The molecule has 0 saturated carbocycles. The number of aromatic nitrogens is 1. The maximum atomic E-state index is 12.2. The van der Waals surface area contributed by atoms with E-state index in [2.05, 4.69) is 15.5 Å². The molecule has 152 valence electrons. The Balaban J connectivity index is 1.63. The summed E-state index contributed by atoms with van der Waals surface area (Å²) in [5.74, 6) is -1.16. The Bertz CT molecular complexity index is 1040. The summed E-state index contributed by atoms with van der Waals surface area (Å²) in [7, 11) is -1.70. The van der Waals surface area contributed by atoms with Crippen LogP contribution in [-0.4, -0.2) is 50.1 Å². The first-order valence-electron chi connectivity index (χ1n) is 8.71. The number of rotatable bonds is 6. The first kappa shape index (κ1) is 20.5. The summed E-state index contributed by atoms with van der Waals surface area (Å²) < 4.78 is 33.5. The highest BCUT2D eigenvalue weighted by atomic mass is 32.2. The number of carbonyl (C=O) groups excluding carboxylic acids is 2. The number of esters is 1. The van der Waals surface area contributed by atoms with E-state index >= 15 is 0 Å². The third-order valence-electron chi connectivity index (χ3n) is 4.30. The summed E-state index contributed by atoms with van der Waals surface area (Å²) in [4.78, 5) is 28.0. The van der Waals surface area contributed by atoms with E-state index < -0.39 is 27.6 Å². The average molecular weight is 417 g/mol. The second-order valence-corrected chi connectivity index (χ2v) is 8.60. The number of carbonyl (C=O) groups is 2. The van der Waals surface area contributed by atoms with E-state index in [0.717, 1.165) is 0 Å². The minimum absolute atomic E-state index is 0.0195. The third kappa shape index (κ3) is 5.38. The van der Waals surface area contributed by atoms with Crippen molar-refractivity contribution in [1.29, 1.82) is 0 Å². The zero-order valence-corrected chi connectivity index (χ0v) is 16.4. The van der Waals surface area contributed by atoms with Crippen LogP contribution < -0.4 is 14.9 Å². The fourth-order valence-electron chi connectivity index (χ4n) is 2.76. The highest BCUT2D eigenvalue weighted by Gasteiger charge is 2.32. The largest absolute Gasteiger partial charge is 0.493 e. The Morgan fingerprint density at radius 2 is 1.97 bits per heavy atom. The van der Waals surface area contributed by atoms with Gasteiger partial charge in [-0.3, -0.25) is 9.78 Å². The van der Waals surface area contributed by atoms with Gasteiger partial charge in [-0.05, 0) is 42.3 Å². The molecule has 10 heteroatoms. The predicted molar refractivity (Wildman–Crippen MR) is 105 cm³/mol. The molecule has 0 spiro atoms. The second-order valence-electron chi connectivity index (χ2n) is 6.37. The molecule has 1 N–H and O–H groups in total. The molecular weight excluding hydrogens is 398 g/mol. The van der Waals surface area contributed by atoms with E-state index in [1.807, 2.05) is 0 Å². The van der Waals surface area contributed by atoms with Crippen molar-refractivity contribution in [3.05, 3.63) is 53.9 Å². The van der Waals surface area contributed by atoms with E-state index in [0.29, 0.717) is 23.3 Å². The second kappa shape index (κ2) is 8.82. The van der Waals surface area contributed by atoms with Crippen molar-refractivity contribution in [2.24, 2.45) is 11.0 Å². The standard InChI is InChI=1S/C19H19N3O6S/c1-27-17-10-13(11-21-22-18(23)15-6-9-29(25,26)12-15)2-3-16(17)28-19(24)14-4-7-20-8-5-14/h2-5,7-8,10-11,15H,6,9,12H2,1H3,(H,22,23)/b21-11-/t15-/m1/s1. The smallest absolute Gasteiger partial charge is 0.343 e. The SMILES string of the molecule is COc1cc(/C=N\NC(=O)[C@@H]2CCS(=O)(=O)C2)ccc1OC(=O)c1ccncc1. The maximum absolute atomic E-state index is 12.2. The summed E-state index contributed by atoms with van der Waals surface area (Å²) in [5, 5.41) is 3.86. The number of sulfone groups is 1. The highest BCUT2D eigenvalue weighted by Crippen LogP contribution is 2.28. The number of nitrogens with one attached hydrogen (secondary N) is 1. The molecule has 1 aromatic heterocycles. The van der Waals surface area contributed by atoms with E-state index in [4.69, 9.17) is 9.47 Å². The van der Waals surface area contributed by atoms with Crippen LogP contribution in [0.4, 0.5) is 0 Å². The van der Waals surface area contributed by atoms with E-state index in [1.54, 1.807) is 18.2 Å². The lowest BCUT2D eigenvalue weighted by molar-refractivity contribution is -0.124. The molecule has 9 nitrogen and oxygen atoms in total. The van der Waals surface area contributed by atoms with Crippen molar-refractivity contribution < 1.29 is 27.5 Å². The molecule has 0 bridgehead atoms. The molecule has 2 heterocycles. The van der Waals surface area contributed by atoms with Crippen LogP contribution in [0, 0.1) is 5.92 Å². The van der Waals surface area contributed by atoms with Crippen LogP contribution in [-0.2, 0) is 14.6 Å². The lowest BCUT2D eigenvalue weighted by atomic mass is 10.1. The number of nitrogens with zero attached hydrogens (tertiary/aromatic N) is 2. The van der Waals surface area contributed by atoms with Crippen LogP contribution >= 0.6 is 0 Å². The van der Waals surface area contributed by atoms with E-state index in [1.165, 1.54) is 37.9 Å². The molecule has 1 saturated heterocycles. The Morgan fingerprint density at radius 1 is 1.21 bits per heavy atom. The minimum atomic E-state index is -3.14. The quantitative estimate of drug-likeness (QED) is 0.324. The molecule has 1 aliphatic rings. The molecule has 29 heavy (non-hydrogen) atoms. The predicted octanol–water partition coefficient (Wildman–Crippen LogP) is 1.19. The van der Waals surface area contributed by atoms with Crippen molar-refractivity contribution in [3.8, 4) is 11.5 Å². The van der Waals surface area contributed by atoms with Gasteiger partial charge in [-0.15, -0.1) is 0 Å². The molecule has 1 aromatic carbocycles. The van der Waals surface area contributed by atoms with Crippen LogP contribution in [0.25, 0.3) is 0 Å². The van der Waals surface area contributed by atoms with Crippen molar-refractivity contribution in [1.82, 2.24) is 10.4 Å². The summed E-state index contributed by atoms with van der Waals surface area (Å²) in [5.41, 5.74) is 3.29. The van der Waals surface area contributed by atoms with Gasteiger partial charge in [0, 0.05) is 12.4 Å². The van der Waals surface area contributed by atoms with Crippen LogP contribution in [0.1, 0.15) is 22.3 Å². The summed E-state index contributed by atoms with van der Waals surface area (Å²) in [6, 6.07) is 7.84. The topological polar surface area (TPSA) is 124 Å². The molecule has 0 aliphatic carbocycles. The summed E-state index contributed by atoms with van der Waals surface area (Å²) in [6.45, 7) is 0. The molecule has 1 aliphatic heterocycles.